The summed E-state index contributed by atoms with van der Waals surface area (Å²) in [5, 5.41) is 2.99. The van der Waals surface area contributed by atoms with Crippen molar-refractivity contribution in [1.29, 1.82) is 0 Å². The van der Waals surface area contributed by atoms with Gasteiger partial charge in [-0.2, -0.15) is 0 Å². The van der Waals surface area contributed by atoms with Crippen molar-refractivity contribution in [3.8, 4) is 0 Å². The maximum absolute atomic E-state index is 12.8. The largest absolute Gasteiger partial charge is 0.332 e. The van der Waals surface area contributed by atoms with Gasteiger partial charge >= 0.3 is 0 Å². The summed E-state index contributed by atoms with van der Waals surface area (Å²) >= 11 is 1.60. The van der Waals surface area contributed by atoms with Crippen LogP contribution in [0.1, 0.15) is 55.4 Å². The van der Waals surface area contributed by atoms with Gasteiger partial charge in [0.2, 0.25) is 5.91 Å². The predicted octanol–water partition coefficient (Wildman–Crippen LogP) is 5.24. The van der Waals surface area contributed by atoms with Gasteiger partial charge in [0.25, 0.3) is 0 Å². The number of amides is 1. The topological polar surface area (TPSA) is 33.2 Å². The van der Waals surface area contributed by atoms with E-state index < -0.39 is 0 Å². The third-order valence-electron chi connectivity index (χ3n) is 4.02. The molecular weight excluding hydrogens is 316 g/mol. The van der Waals surface area contributed by atoms with Crippen molar-refractivity contribution >= 4 is 23.3 Å². The highest BCUT2D eigenvalue weighted by Gasteiger charge is 2.21. The molecule has 2 rings (SSSR count). The Bertz CT molecular complexity index is 663. The standard InChI is InChI=1S/C20H26N2OS/c1-4-6-14-22(19(5-2)17-10-8-7-9-11-17)20(23)13-12-18-15-24-16(3)21-18/h7-13,15,19H,4-6,14H2,1-3H3/b13-12+. The molecule has 0 saturated heterocycles. The van der Waals surface area contributed by atoms with Gasteiger partial charge in [0.05, 0.1) is 16.7 Å². The number of benzene rings is 1. The first kappa shape index (κ1) is 18.4. The average molecular weight is 343 g/mol. The summed E-state index contributed by atoms with van der Waals surface area (Å²) in [6.07, 6.45) is 6.48. The maximum atomic E-state index is 12.8. The maximum Gasteiger partial charge on any atom is 0.247 e. The van der Waals surface area contributed by atoms with E-state index in [2.05, 4.69) is 31.0 Å². The lowest BCUT2D eigenvalue weighted by atomic mass is 10.0. The highest BCUT2D eigenvalue weighted by Crippen LogP contribution is 2.25. The first-order valence-electron chi connectivity index (χ1n) is 8.61. The molecule has 1 aromatic heterocycles. The molecule has 4 heteroatoms. The Balaban J connectivity index is 2.19. The molecule has 24 heavy (non-hydrogen) atoms. The molecule has 128 valence electrons. The summed E-state index contributed by atoms with van der Waals surface area (Å²) in [4.78, 5) is 19.2. The summed E-state index contributed by atoms with van der Waals surface area (Å²) in [6, 6.07) is 10.4. The highest BCUT2D eigenvalue weighted by molar-refractivity contribution is 7.09. The van der Waals surface area contributed by atoms with Crippen LogP contribution < -0.4 is 0 Å². The van der Waals surface area contributed by atoms with Crippen LogP contribution in [-0.4, -0.2) is 22.3 Å². The minimum atomic E-state index is 0.0600. The van der Waals surface area contributed by atoms with Gasteiger partial charge < -0.3 is 4.90 Å². The second-order valence-electron chi connectivity index (χ2n) is 5.84. The van der Waals surface area contributed by atoms with Gasteiger partial charge in [-0.3, -0.25) is 4.79 Å². The number of hydrogen-bond acceptors (Lipinski definition) is 3. The van der Waals surface area contributed by atoms with E-state index >= 15 is 0 Å². The van der Waals surface area contributed by atoms with Crippen LogP contribution in [0.3, 0.4) is 0 Å². The molecule has 0 spiro atoms. The molecule has 2 aromatic rings. The quantitative estimate of drug-likeness (QED) is 0.614. The zero-order chi connectivity index (χ0) is 17.4. The molecule has 0 aliphatic rings. The Labute approximate surface area is 149 Å². The Morgan fingerprint density at radius 3 is 2.62 bits per heavy atom. The Kier molecular flexibility index (Phi) is 7.19. The second kappa shape index (κ2) is 9.38. The summed E-state index contributed by atoms with van der Waals surface area (Å²) in [5.74, 6) is 0.0600. The highest BCUT2D eigenvalue weighted by atomic mass is 32.1. The van der Waals surface area contributed by atoms with E-state index in [0.717, 1.165) is 36.5 Å². The Morgan fingerprint density at radius 1 is 1.29 bits per heavy atom. The summed E-state index contributed by atoms with van der Waals surface area (Å²) in [5.41, 5.74) is 2.05. The van der Waals surface area contributed by atoms with Crippen LogP contribution in [0.15, 0.2) is 41.8 Å². The molecule has 1 heterocycles. The van der Waals surface area contributed by atoms with Gasteiger partial charge in [-0.05, 0) is 31.4 Å². The van der Waals surface area contributed by atoms with E-state index in [4.69, 9.17) is 0 Å². The van der Waals surface area contributed by atoms with Gasteiger partial charge in [0.1, 0.15) is 0 Å². The van der Waals surface area contributed by atoms with Crippen LogP contribution in [0.5, 0.6) is 0 Å². The predicted molar refractivity (Wildman–Crippen MR) is 102 cm³/mol. The lowest BCUT2D eigenvalue weighted by molar-refractivity contribution is -0.128. The van der Waals surface area contributed by atoms with E-state index in [9.17, 15) is 4.79 Å². The second-order valence-corrected chi connectivity index (χ2v) is 6.91. The molecule has 1 atom stereocenters. The number of aromatic nitrogens is 1. The molecule has 0 bridgehead atoms. The van der Waals surface area contributed by atoms with E-state index in [0.29, 0.717) is 0 Å². The van der Waals surface area contributed by atoms with E-state index in [-0.39, 0.29) is 11.9 Å². The molecule has 1 amide bonds. The number of carbonyl (C=O) groups is 1. The van der Waals surface area contributed by atoms with Crippen molar-refractivity contribution in [2.45, 2.75) is 46.1 Å². The monoisotopic (exact) mass is 342 g/mol. The van der Waals surface area contributed by atoms with Crippen molar-refractivity contribution in [2.24, 2.45) is 0 Å². The lowest BCUT2D eigenvalue weighted by Gasteiger charge is -2.31. The fourth-order valence-corrected chi connectivity index (χ4v) is 3.35. The minimum Gasteiger partial charge on any atom is -0.332 e. The smallest absolute Gasteiger partial charge is 0.247 e. The normalized spacial score (nSPS) is 12.5. The van der Waals surface area contributed by atoms with Gasteiger partial charge in [0.15, 0.2) is 0 Å². The number of aryl methyl sites for hydroxylation is 1. The van der Waals surface area contributed by atoms with Crippen LogP contribution in [0.4, 0.5) is 0 Å². The third-order valence-corrected chi connectivity index (χ3v) is 4.81. The van der Waals surface area contributed by atoms with Crippen molar-refractivity contribution in [3.63, 3.8) is 0 Å². The molecule has 3 nitrogen and oxygen atoms in total. The van der Waals surface area contributed by atoms with E-state index in [1.807, 2.05) is 41.5 Å². The molecule has 0 fully saturated rings. The Morgan fingerprint density at radius 2 is 2.04 bits per heavy atom. The van der Waals surface area contributed by atoms with Crippen LogP contribution in [0, 0.1) is 6.92 Å². The summed E-state index contributed by atoms with van der Waals surface area (Å²) in [6.45, 7) is 7.04. The van der Waals surface area contributed by atoms with Gasteiger partial charge in [0, 0.05) is 18.0 Å². The Hall–Kier alpha value is -1.94. The molecule has 0 N–H and O–H groups in total. The van der Waals surface area contributed by atoms with Gasteiger partial charge in [-0.25, -0.2) is 4.98 Å². The van der Waals surface area contributed by atoms with Crippen LogP contribution >= 0.6 is 11.3 Å². The number of thiazole rings is 1. The van der Waals surface area contributed by atoms with E-state index in [1.54, 1.807) is 17.4 Å². The first-order valence-corrected chi connectivity index (χ1v) is 9.49. The lowest BCUT2D eigenvalue weighted by Crippen LogP contribution is -2.34. The molecular formula is C20H26N2OS. The third kappa shape index (κ3) is 5.03. The van der Waals surface area contributed by atoms with Crippen molar-refractivity contribution in [2.75, 3.05) is 6.54 Å². The number of carbonyl (C=O) groups excluding carboxylic acids is 1. The van der Waals surface area contributed by atoms with Gasteiger partial charge in [-0.15, -0.1) is 11.3 Å². The summed E-state index contributed by atoms with van der Waals surface area (Å²) < 4.78 is 0. The molecule has 0 aliphatic heterocycles. The molecule has 0 saturated carbocycles. The van der Waals surface area contributed by atoms with E-state index in [1.165, 1.54) is 5.56 Å². The summed E-state index contributed by atoms with van der Waals surface area (Å²) in [7, 11) is 0. The van der Waals surface area contributed by atoms with Crippen LogP contribution in [0.2, 0.25) is 0 Å². The van der Waals surface area contributed by atoms with Crippen molar-refractivity contribution in [3.05, 3.63) is 58.1 Å². The number of unbranched alkanes of at least 4 members (excludes halogenated alkanes) is 1. The number of rotatable bonds is 8. The minimum absolute atomic E-state index is 0.0600. The molecule has 1 aromatic carbocycles. The molecule has 1 unspecified atom stereocenters. The average Bonchev–Trinajstić information content (AvgIpc) is 3.02. The molecule has 0 radical (unpaired) electrons. The van der Waals surface area contributed by atoms with Gasteiger partial charge in [-0.1, -0.05) is 50.6 Å². The number of nitrogens with zero attached hydrogens (tertiary/aromatic N) is 2. The SMILES string of the molecule is CCCCN(C(=O)/C=C/c1csc(C)n1)C(CC)c1ccccc1. The van der Waals surface area contributed by atoms with Crippen molar-refractivity contribution in [1.82, 2.24) is 9.88 Å². The zero-order valence-corrected chi connectivity index (χ0v) is 15.6. The van der Waals surface area contributed by atoms with Crippen molar-refractivity contribution < 1.29 is 4.79 Å². The van der Waals surface area contributed by atoms with Crippen LogP contribution in [0.25, 0.3) is 6.08 Å². The first-order chi connectivity index (χ1) is 11.7. The molecule has 0 aliphatic carbocycles. The van der Waals surface area contributed by atoms with Crippen LogP contribution in [-0.2, 0) is 4.79 Å². The number of hydrogen-bond donors (Lipinski definition) is 0. The zero-order valence-electron chi connectivity index (χ0n) is 14.7. The fourth-order valence-electron chi connectivity index (χ4n) is 2.77. The fraction of sp³-hybridized carbons (Fsp3) is 0.400.